The summed E-state index contributed by atoms with van der Waals surface area (Å²) in [7, 11) is -1.03. The third-order valence-electron chi connectivity index (χ3n) is 3.34. The maximum atomic E-state index is 7.88. The fourth-order valence-electron chi connectivity index (χ4n) is 1.56. The number of hydrogen-bond donors (Lipinski definition) is 0. The maximum Gasteiger partial charge on any atom is 0.516 e. The van der Waals surface area contributed by atoms with Crippen LogP contribution in [0.5, 0.6) is 0 Å². The molecule has 17 heavy (non-hydrogen) atoms. The fourth-order valence-corrected chi connectivity index (χ4v) is 1.56. The Hall–Kier alpha value is -0.805. The van der Waals surface area contributed by atoms with Gasteiger partial charge >= 0.3 is 7.12 Å². The predicted octanol–water partition coefficient (Wildman–Crippen LogP) is 1.51. The van der Waals surface area contributed by atoms with Crippen LogP contribution in [0.3, 0.4) is 0 Å². The van der Waals surface area contributed by atoms with Crippen LogP contribution in [0.4, 0.5) is 0 Å². The Bertz CT molecular complexity index is 649. The van der Waals surface area contributed by atoms with Gasteiger partial charge in [-0.15, -0.1) is 0 Å². The van der Waals surface area contributed by atoms with Gasteiger partial charge in [-0.25, -0.2) is 4.98 Å². The molecular weight excluding hydrogens is 215 g/mol. The summed E-state index contributed by atoms with van der Waals surface area (Å²) in [6.07, 6.45) is 1.04. The van der Waals surface area contributed by atoms with Crippen molar-refractivity contribution >= 4 is 12.7 Å². The third-order valence-corrected chi connectivity index (χ3v) is 3.34. The minimum atomic E-state index is -3.08. The van der Waals surface area contributed by atoms with Gasteiger partial charge in [-0.2, -0.15) is 0 Å². The van der Waals surface area contributed by atoms with E-state index in [1.165, 1.54) is 0 Å². The van der Waals surface area contributed by atoms with Gasteiger partial charge in [-0.05, 0) is 41.4 Å². The first kappa shape index (κ1) is 5.89. The summed E-state index contributed by atoms with van der Waals surface area (Å²) in [4.78, 5) is 3.93. The molecule has 0 N–H and O–H groups in total. The van der Waals surface area contributed by atoms with E-state index in [0.29, 0.717) is 4.57 Å². The highest BCUT2D eigenvalue weighted by Crippen LogP contribution is 2.36. The molecule has 1 saturated heterocycles. The Labute approximate surface area is 115 Å². The van der Waals surface area contributed by atoms with Crippen LogP contribution >= 0.6 is 0 Å². The zero-order valence-corrected chi connectivity index (χ0v) is 10.4. The van der Waals surface area contributed by atoms with Crippen LogP contribution in [0.25, 0.3) is 0 Å². The second-order valence-corrected chi connectivity index (χ2v) is 5.06. The van der Waals surface area contributed by atoms with Crippen molar-refractivity contribution in [3.05, 3.63) is 12.0 Å². The third kappa shape index (κ3) is 2.02. The largest absolute Gasteiger partial charge is 0.516 e. The molecule has 1 aromatic heterocycles. The minimum Gasteiger partial charge on any atom is -0.398 e. The number of nitrogens with zero attached hydrogens (tertiary/aromatic N) is 2. The quantitative estimate of drug-likeness (QED) is 0.740. The van der Waals surface area contributed by atoms with E-state index in [2.05, 4.69) is 4.98 Å². The van der Waals surface area contributed by atoms with Crippen LogP contribution in [-0.2, 0) is 15.8 Å². The summed E-state index contributed by atoms with van der Waals surface area (Å²) < 4.78 is 72.7. The summed E-state index contributed by atoms with van der Waals surface area (Å²) >= 11 is 0. The number of hydrogen-bond acceptors (Lipinski definition) is 3. The van der Waals surface area contributed by atoms with Crippen molar-refractivity contribution < 1.29 is 20.3 Å². The molecule has 0 amide bonds. The van der Waals surface area contributed by atoms with Crippen LogP contribution in [0.1, 0.15) is 51.3 Å². The normalized spacial score (nSPS) is 31.4. The summed E-state index contributed by atoms with van der Waals surface area (Å²) in [6, 6.07) is 0. The van der Waals surface area contributed by atoms with Crippen LogP contribution < -0.4 is 5.59 Å². The van der Waals surface area contributed by atoms with E-state index in [1.54, 1.807) is 27.7 Å². The van der Waals surface area contributed by atoms with Crippen LogP contribution in [0.2, 0.25) is 0 Å². The Balaban J connectivity index is 2.55. The summed E-state index contributed by atoms with van der Waals surface area (Å²) in [5.74, 6) is -0.668. The van der Waals surface area contributed by atoms with E-state index in [0.717, 1.165) is 6.20 Å². The van der Waals surface area contributed by atoms with Gasteiger partial charge in [0.1, 0.15) is 5.82 Å². The number of aromatic nitrogens is 2. The van der Waals surface area contributed by atoms with Crippen LogP contribution in [-0.4, -0.2) is 27.9 Å². The number of aryl methyl sites for hydroxylation is 2. The van der Waals surface area contributed by atoms with Gasteiger partial charge in [0.25, 0.3) is 0 Å². The number of rotatable bonds is 2. The monoisotopic (exact) mass is 244 g/mol. The lowest BCUT2D eigenvalue weighted by Gasteiger charge is -2.32. The zero-order valence-electron chi connectivity index (χ0n) is 18.4. The van der Waals surface area contributed by atoms with Gasteiger partial charge in [-0.1, -0.05) is 0 Å². The molecule has 1 aliphatic heterocycles. The highest BCUT2D eigenvalue weighted by molar-refractivity contribution is 6.61. The molecule has 4 nitrogen and oxygen atoms in total. The average Bonchev–Trinajstić information content (AvgIpc) is 2.88. The molecule has 0 aromatic carbocycles. The van der Waals surface area contributed by atoms with Crippen molar-refractivity contribution in [3.8, 4) is 0 Å². The average molecular weight is 244 g/mol. The Kier molecular flexibility index (Phi) is 1.33. The molecular formula is C12H21BN2O2. The second-order valence-electron chi connectivity index (χ2n) is 5.06. The summed E-state index contributed by atoms with van der Waals surface area (Å²) in [6.45, 7) is -1.63. The van der Waals surface area contributed by atoms with E-state index in [4.69, 9.17) is 20.3 Å². The van der Waals surface area contributed by atoms with E-state index < -0.39 is 44.3 Å². The van der Waals surface area contributed by atoms with Crippen molar-refractivity contribution in [1.29, 1.82) is 0 Å². The highest BCUT2D eigenvalue weighted by atomic mass is 16.7. The van der Waals surface area contributed by atoms with Gasteiger partial charge in [0, 0.05) is 23.7 Å². The smallest absolute Gasteiger partial charge is 0.398 e. The molecule has 0 bridgehead atoms. The molecule has 1 fully saturated rings. The lowest BCUT2D eigenvalue weighted by atomic mass is 9.86. The fraction of sp³-hybridized carbons (Fsp3) is 0.750. The van der Waals surface area contributed by atoms with Gasteiger partial charge in [-0.3, -0.25) is 0 Å². The van der Waals surface area contributed by atoms with Crippen molar-refractivity contribution in [2.24, 2.45) is 0 Å². The van der Waals surface area contributed by atoms with Crippen molar-refractivity contribution in [1.82, 2.24) is 9.55 Å². The van der Waals surface area contributed by atoms with E-state index >= 15 is 0 Å². The molecule has 2 heterocycles. The SMILES string of the molecule is [2H]C([2H])([2H])c1nc(B2OC(C)(C)C(C)(C)O2)cn1C([2H])([2H])C([2H])([2H])[2H]. The molecule has 0 atom stereocenters. The molecule has 5 heteroatoms. The first-order valence-corrected chi connectivity index (χ1v) is 5.36. The molecule has 0 unspecified atom stereocenters. The maximum absolute atomic E-state index is 7.88. The Morgan fingerprint density at radius 2 is 2.06 bits per heavy atom. The van der Waals surface area contributed by atoms with Gasteiger partial charge in [0.05, 0.1) is 16.8 Å². The highest BCUT2D eigenvalue weighted by Gasteiger charge is 2.52. The Morgan fingerprint density at radius 3 is 2.59 bits per heavy atom. The lowest BCUT2D eigenvalue weighted by Crippen LogP contribution is -2.41. The van der Waals surface area contributed by atoms with Crippen LogP contribution in [0, 0.1) is 6.85 Å². The van der Waals surface area contributed by atoms with Gasteiger partial charge < -0.3 is 13.9 Å². The summed E-state index contributed by atoms with van der Waals surface area (Å²) in [5, 5.41) is 0. The molecule has 94 valence electrons. The topological polar surface area (TPSA) is 36.3 Å². The van der Waals surface area contributed by atoms with Crippen molar-refractivity contribution in [2.75, 3.05) is 0 Å². The zero-order chi connectivity index (χ0) is 19.6. The van der Waals surface area contributed by atoms with E-state index in [1.807, 2.05) is 0 Å². The Morgan fingerprint density at radius 1 is 1.41 bits per heavy atom. The molecule has 0 spiro atoms. The van der Waals surface area contributed by atoms with Crippen molar-refractivity contribution in [3.63, 3.8) is 0 Å². The van der Waals surface area contributed by atoms with E-state index in [-0.39, 0.29) is 5.59 Å². The molecule has 0 radical (unpaired) electrons. The van der Waals surface area contributed by atoms with Gasteiger partial charge in [0.15, 0.2) is 0 Å². The lowest BCUT2D eigenvalue weighted by molar-refractivity contribution is 0.00578. The predicted molar refractivity (Wildman–Crippen MR) is 68.4 cm³/mol. The molecule has 1 aromatic rings. The van der Waals surface area contributed by atoms with Gasteiger partial charge in [0.2, 0.25) is 0 Å². The standard InChI is InChI=1S/C12H21BN2O2/c1-7-15-8-10(14-9(15)2)13-16-11(3,4)12(5,6)17-13/h8H,7H2,1-6H3/i1D3,2D3,7D2. The van der Waals surface area contributed by atoms with E-state index in [9.17, 15) is 0 Å². The molecule has 0 aliphatic carbocycles. The van der Waals surface area contributed by atoms with Crippen molar-refractivity contribution in [2.45, 2.75) is 59.1 Å². The summed E-state index contributed by atoms with van der Waals surface area (Å²) in [5.41, 5.74) is -1.40. The molecule has 0 saturated carbocycles. The second kappa shape index (κ2) is 3.85. The molecule has 1 aliphatic rings. The molecule has 2 rings (SSSR count). The first-order chi connectivity index (χ1) is 10.9. The first-order valence-electron chi connectivity index (χ1n) is 9.36. The van der Waals surface area contributed by atoms with Crippen LogP contribution in [0.15, 0.2) is 6.20 Å². The minimum absolute atomic E-state index is 0.0119. The number of imidazole rings is 1.